The van der Waals surface area contributed by atoms with Crippen LogP contribution < -0.4 is 5.32 Å². The quantitative estimate of drug-likeness (QED) is 0.628. The maximum atomic E-state index is 12.1. The van der Waals surface area contributed by atoms with Crippen molar-refractivity contribution >= 4 is 50.5 Å². The Morgan fingerprint density at radius 2 is 1.91 bits per heavy atom. The van der Waals surface area contributed by atoms with Gasteiger partial charge in [0.2, 0.25) is 5.91 Å². The topological polar surface area (TPSA) is 42.0 Å². The SMILES string of the molecule is O=C(Cc1csc(-c2ccc(Cl)cc2)n1)Nc1ccccc1Br. The molecule has 1 heterocycles. The molecule has 0 fully saturated rings. The van der Waals surface area contributed by atoms with E-state index in [0.717, 1.165) is 26.4 Å². The number of anilines is 1. The summed E-state index contributed by atoms with van der Waals surface area (Å²) in [6.07, 6.45) is 0.241. The van der Waals surface area contributed by atoms with Crippen LogP contribution in [0.1, 0.15) is 5.69 Å². The Morgan fingerprint density at radius 1 is 1.17 bits per heavy atom. The number of para-hydroxylation sites is 1. The van der Waals surface area contributed by atoms with Gasteiger partial charge in [-0.2, -0.15) is 0 Å². The van der Waals surface area contributed by atoms with Crippen molar-refractivity contribution < 1.29 is 4.79 Å². The number of nitrogens with zero attached hydrogens (tertiary/aromatic N) is 1. The first-order valence-electron chi connectivity index (χ1n) is 6.86. The second kappa shape index (κ2) is 7.25. The number of halogens is 2. The Bertz CT molecular complexity index is 833. The van der Waals surface area contributed by atoms with Gasteiger partial charge < -0.3 is 5.32 Å². The van der Waals surface area contributed by atoms with Gasteiger partial charge in [0.1, 0.15) is 5.01 Å². The van der Waals surface area contributed by atoms with Crippen molar-refractivity contribution in [3.63, 3.8) is 0 Å². The molecule has 0 spiro atoms. The zero-order valence-electron chi connectivity index (χ0n) is 11.9. The highest BCUT2D eigenvalue weighted by atomic mass is 79.9. The standard InChI is InChI=1S/C17H12BrClN2OS/c18-14-3-1-2-4-15(14)21-16(22)9-13-10-23-17(20-13)11-5-7-12(19)8-6-11/h1-8,10H,9H2,(H,21,22). The fraction of sp³-hybridized carbons (Fsp3) is 0.0588. The summed E-state index contributed by atoms with van der Waals surface area (Å²) in [7, 11) is 0. The first-order valence-corrected chi connectivity index (χ1v) is 8.91. The number of carbonyl (C=O) groups excluding carboxylic acids is 1. The average Bonchev–Trinajstić information content (AvgIpc) is 2.98. The van der Waals surface area contributed by atoms with Crippen LogP contribution in [0.3, 0.4) is 0 Å². The zero-order valence-corrected chi connectivity index (χ0v) is 15.1. The van der Waals surface area contributed by atoms with E-state index in [2.05, 4.69) is 26.2 Å². The molecule has 23 heavy (non-hydrogen) atoms. The van der Waals surface area contributed by atoms with Crippen LogP contribution in [0.15, 0.2) is 58.4 Å². The minimum absolute atomic E-state index is 0.0927. The summed E-state index contributed by atoms with van der Waals surface area (Å²) in [6.45, 7) is 0. The van der Waals surface area contributed by atoms with Gasteiger partial charge in [0.15, 0.2) is 0 Å². The van der Waals surface area contributed by atoms with E-state index in [1.165, 1.54) is 11.3 Å². The van der Waals surface area contributed by atoms with Gasteiger partial charge in [-0.15, -0.1) is 11.3 Å². The molecule has 3 nitrogen and oxygen atoms in total. The molecule has 1 N–H and O–H groups in total. The highest BCUT2D eigenvalue weighted by molar-refractivity contribution is 9.10. The highest BCUT2D eigenvalue weighted by Gasteiger charge is 2.10. The summed E-state index contributed by atoms with van der Waals surface area (Å²) in [4.78, 5) is 16.7. The van der Waals surface area contributed by atoms with E-state index in [0.29, 0.717) is 5.02 Å². The van der Waals surface area contributed by atoms with Crippen LogP contribution in [-0.4, -0.2) is 10.9 Å². The van der Waals surface area contributed by atoms with Crippen molar-refractivity contribution in [2.24, 2.45) is 0 Å². The van der Waals surface area contributed by atoms with Crippen molar-refractivity contribution in [3.05, 3.63) is 69.1 Å². The van der Waals surface area contributed by atoms with E-state index in [-0.39, 0.29) is 12.3 Å². The molecule has 0 bridgehead atoms. The second-order valence-electron chi connectivity index (χ2n) is 4.86. The maximum Gasteiger partial charge on any atom is 0.230 e. The van der Waals surface area contributed by atoms with Crippen molar-refractivity contribution in [1.82, 2.24) is 4.98 Å². The Balaban J connectivity index is 1.68. The molecule has 0 saturated carbocycles. The Morgan fingerprint density at radius 3 is 2.65 bits per heavy atom. The van der Waals surface area contributed by atoms with Gasteiger partial charge in [-0.1, -0.05) is 35.9 Å². The number of carbonyl (C=O) groups is 1. The molecule has 0 radical (unpaired) electrons. The lowest BCUT2D eigenvalue weighted by Gasteiger charge is -2.05. The van der Waals surface area contributed by atoms with Gasteiger partial charge in [0, 0.05) is 20.4 Å². The molecular formula is C17H12BrClN2OS. The van der Waals surface area contributed by atoms with Crippen LogP contribution in [0.5, 0.6) is 0 Å². The first kappa shape index (κ1) is 16.2. The number of nitrogens with one attached hydrogen (secondary N) is 1. The average molecular weight is 408 g/mol. The molecule has 116 valence electrons. The lowest BCUT2D eigenvalue weighted by molar-refractivity contribution is -0.115. The molecular weight excluding hydrogens is 396 g/mol. The van der Waals surface area contributed by atoms with Crippen molar-refractivity contribution in [2.75, 3.05) is 5.32 Å². The van der Waals surface area contributed by atoms with Crippen molar-refractivity contribution in [1.29, 1.82) is 0 Å². The molecule has 6 heteroatoms. The minimum atomic E-state index is -0.0927. The van der Waals surface area contributed by atoms with E-state index in [1.54, 1.807) is 0 Å². The number of rotatable bonds is 4. The Kier molecular flexibility index (Phi) is 5.10. The van der Waals surface area contributed by atoms with Crippen LogP contribution in [0.4, 0.5) is 5.69 Å². The van der Waals surface area contributed by atoms with Gasteiger partial charge in [-0.25, -0.2) is 4.98 Å². The van der Waals surface area contributed by atoms with Crippen LogP contribution in [0.25, 0.3) is 10.6 Å². The van der Waals surface area contributed by atoms with Gasteiger partial charge in [-0.3, -0.25) is 4.79 Å². The van der Waals surface area contributed by atoms with Gasteiger partial charge in [-0.05, 0) is 40.2 Å². The number of amides is 1. The second-order valence-corrected chi connectivity index (χ2v) is 7.00. The molecule has 0 atom stereocenters. The van der Waals surface area contributed by atoms with Crippen LogP contribution in [0.2, 0.25) is 5.02 Å². The van der Waals surface area contributed by atoms with Crippen LogP contribution in [0, 0.1) is 0 Å². The third-order valence-corrected chi connectivity index (χ3v) is 5.02. The lowest BCUT2D eigenvalue weighted by atomic mass is 10.2. The molecule has 2 aromatic carbocycles. The van der Waals surface area contributed by atoms with E-state index < -0.39 is 0 Å². The first-order chi connectivity index (χ1) is 11.1. The van der Waals surface area contributed by atoms with E-state index >= 15 is 0 Å². The fourth-order valence-electron chi connectivity index (χ4n) is 2.03. The fourth-order valence-corrected chi connectivity index (χ4v) is 3.37. The molecule has 0 unspecified atom stereocenters. The predicted octanol–water partition coefficient (Wildman–Crippen LogP) is 5.41. The molecule has 0 aliphatic carbocycles. The van der Waals surface area contributed by atoms with Crippen LogP contribution in [-0.2, 0) is 11.2 Å². The molecule has 1 aromatic heterocycles. The summed E-state index contributed by atoms with van der Waals surface area (Å²) in [6, 6.07) is 15.0. The number of aromatic nitrogens is 1. The summed E-state index contributed by atoms with van der Waals surface area (Å²) in [5.41, 5.74) is 2.51. The van der Waals surface area contributed by atoms with Crippen molar-refractivity contribution in [2.45, 2.75) is 6.42 Å². The Hall–Kier alpha value is -1.69. The Labute approximate surface area is 151 Å². The largest absolute Gasteiger partial charge is 0.325 e. The van der Waals surface area contributed by atoms with Gasteiger partial charge >= 0.3 is 0 Å². The zero-order chi connectivity index (χ0) is 16.2. The molecule has 3 aromatic rings. The highest BCUT2D eigenvalue weighted by Crippen LogP contribution is 2.26. The third-order valence-electron chi connectivity index (χ3n) is 3.13. The number of benzene rings is 2. The van der Waals surface area contributed by atoms with Crippen LogP contribution >= 0.6 is 38.9 Å². The molecule has 1 amide bonds. The van der Waals surface area contributed by atoms with Crippen molar-refractivity contribution in [3.8, 4) is 10.6 Å². The third kappa shape index (κ3) is 4.19. The monoisotopic (exact) mass is 406 g/mol. The molecule has 0 aliphatic heterocycles. The van der Waals surface area contributed by atoms with Gasteiger partial charge in [0.25, 0.3) is 0 Å². The summed E-state index contributed by atoms with van der Waals surface area (Å²) >= 11 is 10.8. The number of hydrogen-bond acceptors (Lipinski definition) is 3. The minimum Gasteiger partial charge on any atom is -0.325 e. The summed E-state index contributed by atoms with van der Waals surface area (Å²) in [5.74, 6) is -0.0927. The number of thiazole rings is 1. The molecule has 0 saturated heterocycles. The lowest BCUT2D eigenvalue weighted by Crippen LogP contribution is -2.14. The summed E-state index contributed by atoms with van der Waals surface area (Å²) < 4.78 is 0.855. The van der Waals surface area contributed by atoms with E-state index in [1.807, 2.05) is 53.9 Å². The van der Waals surface area contributed by atoms with E-state index in [9.17, 15) is 4.79 Å². The smallest absolute Gasteiger partial charge is 0.230 e. The maximum absolute atomic E-state index is 12.1. The van der Waals surface area contributed by atoms with E-state index in [4.69, 9.17) is 11.6 Å². The number of hydrogen-bond donors (Lipinski definition) is 1. The molecule has 0 aliphatic rings. The normalized spacial score (nSPS) is 10.5. The molecule has 3 rings (SSSR count). The van der Waals surface area contributed by atoms with Gasteiger partial charge in [0.05, 0.1) is 17.8 Å². The predicted molar refractivity (Wildman–Crippen MR) is 99.0 cm³/mol. The summed E-state index contributed by atoms with van der Waals surface area (Å²) in [5, 5.41) is 6.36.